The number of hydrogen-bond donors (Lipinski definition) is 2. The van der Waals surface area contributed by atoms with Crippen molar-refractivity contribution < 1.29 is 23.5 Å². The van der Waals surface area contributed by atoms with Crippen molar-refractivity contribution in [2.24, 2.45) is 0 Å². The Morgan fingerprint density at radius 2 is 2.15 bits per heavy atom. The summed E-state index contributed by atoms with van der Waals surface area (Å²) in [6.45, 7) is 0. The first-order valence-electron chi connectivity index (χ1n) is 6.10. The predicted molar refractivity (Wildman–Crippen MR) is 66.1 cm³/mol. The molecule has 1 fully saturated rings. The molecule has 0 unspecified atom stereocenters. The molecule has 2 atom stereocenters. The fraction of sp³-hybridized carbons (Fsp3) is 0.385. The Labute approximate surface area is 114 Å². The third-order valence-electron chi connectivity index (χ3n) is 3.45. The molecule has 0 bridgehead atoms. The second-order valence-electron chi connectivity index (χ2n) is 4.71. The Morgan fingerprint density at radius 1 is 1.45 bits per heavy atom. The van der Waals surface area contributed by atoms with Crippen molar-refractivity contribution in [3.8, 4) is 0 Å². The first kappa shape index (κ1) is 14.2. The molecule has 7 heteroatoms. The van der Waals surface area contributed by atoms with Crippen LogP contribution in [0.3, 0.4) is 0 Å². The summed E-state index contributed by atoms with van der Waals surface area (Å²) >= 11 is 0. The number of nitrogens with one attached hydrogen (secondary N) is 1. The van der Waals surface area contributed by atoms with Crippen LogP contribution in [0.25, 0.3) is 0 Å². The summed E-state index contributed by atoms with van der Waals surface area (Å²) in [4.78, 5) is 23.8. The molecule has 1 aliphatic heterocycles. The molecule has 2 rings (SSSR count). The Kier molecular flexibility index (Phi) is 3.87. The zero-order valence-electron chi connectivity index (χ0n) is 10.8. The van der Waals surface area contributed by atoms with Crippen LogP contribution >= 0.6 is 0 Å². The summed E-state index contributed by atoms with van der Waals surface area (Å²) in [6, 6.07) is 1.40. The lowest BCUT2D eigenvalue weighted by Crippen LogP contribution is -2.50. The standard InChI is InChI=1S/C13H14F2N2O3/c1-17-11(18)5-4-10(16-13(19)20)12(17)8-6-7(14)2-3-9(8)15/h2-3,6,10,12,16H,4-5H2,1H3,(H,19,20)/t10-,12-/m0/s1. The largest absolute Gasteiger partial charge is 0.465 e. The minimum Gasteiger partial charge on any atom is -0.465 e. The lowest BCUT2D eigenvalue weighted by Gasteiger charge is -2.39. The van der Waals surface area contributed by atoms with Crippen molar-refractivity contribution in [3.63, 3.8) is 0 Å². The molecule has 20 heavy (non-hydrogen) atoms. The number of carboxylic acid groups (broad SMARTS) is 1. The van der Waals surface area contributed by atoms with Crippen molar-refractivity contribution in [1.82, 2.24) is 10.2 Å². The van der Waals surface area contributed by atoms with E-state index in [1.165, 1.54) is 11.9 Å². The minimum absolute atomic E-state index is 0.0284. The van der Waals surface area contributed by atoms with Gasteiger partial charge < -0.3 is 15.3 Å². The predicted octanol–water partition coefficient (Wildman–Crippen LogP) is 1.89. The molecule has 1 heterocycles. The van der Waals surface area contributed by atoms with Crippen molar-refractivity contribution in [2.45, 2.75) is 24.9 Å². The number of hydrogen-bond acceptors (Lipinski definition) is 2. The highest BCUT2D eigenvalue weighted by Gasteiger charge is 2.37. The topological polar surface area (TPSA) is 69.6 Å². The van der Waals surface area contributed by atoms with E-state index in [9.17, 15) is 18.4 Å². The number of benzene rings is 1. The average Bonchev–Trinajstić information content (AvgIpc) is 2.37. The second-order valence-corrected chi connectivity index (χ2v) is 4.71. The number of amides is 2. The van der Waals surface area contributed by atoms with E-state index in [0.29, 0.717) is 0 Å². The summed E-state index contributed by atoms with van der Waals surface area (Å²) in [5, 5.41) is 11.1. The molecule has 0 saturated carbocycles. The van der Waals surface area contributed by atoms with E-state index in [0.717, 1.165) is 18.2 Å². The van der Waals surface area contributed by atoms with Gasteiger partial charge in [-0.1, -0.05) is 0 Å². The van der Waals surface area contributed by atoms with E-state index >= 15 is 0 Å². The minimum atomic E-state index is -1.26. The van der Waals surface area contributed by atoms with Gasteiger partial charge in [-0.2, -0.15) is 0 Å². The molecule has 0 spiro atoms. The van der Waals surface area contributed by atoms with Gasteiger partial charge in [-0.3, -0.25) is 4.79 Å². The van der Waals surface area contributed by atoms with Gasteiger partial charge in [0.15, 0.2) is 0 Å². The van der Waals surface area contributed by atoms with Gasteiger partial charge in [-0.05, 0) is 24.6 Å². The van der Waals surface area contributed by atoms with E-state index in [2.05, 4.69) is 5.32 Å². The van der Waals surface area contributed by atoms with E-state index in [1.54, 1.807) is 0 Å². The van der Waals surface area contributed by atoms with E-state index in [1.807, 2.05) is 0 Å². The number of carbonyl (C=O) groups excluding carboxylic acids is 1. The van der Waals surface area contributed by atoms with Gasteiger partial charge in [0, 0.05) is 19.0 Å². The van der Waals surface area contributed by atoms with Gasteiger partial charge in [0.25, 0.3) is 0 Å². The van der Waals surface area contributed by atoms with Gasteiger partial charge in [0.05, 0.1) is 12.1 Å². The lowest BCUT2D eigenvalue weighted by atomic mass is 9.90. The number of likely N-dealkylation sites (tertiary alicyclic amines) is 1. The third-order valence-corrected chi connectivity index (χ3v) is 3.45. The van der Waals surface area contributed by atoms with Crippen LogP contribution in [0.1, 0.15) is 24.4 Å². The molecule has 1 saturated heterocycles. The van der Waals surface area contributed by atoms with E-state index < -0.39 is 29.8 Å². The molecule has 108 valence electrons. The van der Waals surface area contributed by atoms with Gasteiger partial charge in [0.1, 0.15) is 11.6 Å². The highest BCUT2D eigenvalue weighted by atomic mass is 19.1. The molecule has 5 nitrogen and oxygen atoms in total. The number of piperidine rings is 1. The Balaban J connectivity index is 2.42. The van der Waals surface area contributed by atoms with Crippen LogP contribution in [0, 0.1) is 11.6 Å². The van der Waals surface area contributed by atoms with Gasteiger partial charge in [-0.25, -0.2) is 13.6 Å². The molecule has 1 aromatic carbocycles. The molecule has 1 aromatic rings. The fourth-order valence-electron chi connectivity index (χ4n) is 2.51. The summed E-state index contributed by atoms with van der Waals surface area (Å²) in [5.74, 6) is -1.54. The van der Waals surface area contributed by atoms with Crippen molar-refractivity contribution in [1.29, 1.82) is 0 Å². The number of rotatable bonds is 2. The molecule has 1 aliphatic rings. The molecule has 2 N–H and O–H groups in total. The van der Waals surface area contributed by atoms with Crippen LogP contribution in [0.4, 0.5) is 13.6 Å². The molecule has 0 aromatic heterocycles. The highest BCUT2D eigenvalue weighted by molar-refractivity contribution is 5.78. The average molecular weight is 284 g/mol. The van der Waals surface area contributed by atoms with Crippen LogP contribution in [-0.4, -0.2) is 35.1 Å². The maximum absolute atomic E-state index is 13.9. The smallest absolute Gasteiger partial charge is 0.404 e. The zero-order valence-corrected chi connectivity index (χ0v) is 10.8. The van der Waals surface area contributed by atoms with E-state index in [-0.39, 0.29) is 24.3 Å². The number of halogens is 2. The van der Waals surface area contributed by atoms with Gasteiger partial charge in [0.2, 0.25) is 5.91 Å². The Hall–Kier alpha value is -2.18. The van der Waals surface area contributed by atoms with Crippen molar-refractivity contribution >= 4 is 12.0 Å². The Morgan fingerprint density at radius 3 is 2.80 bits per heavy atom. The zero-order chi connectivity index (χ0) is 14.9. The maximum Gasteiger partial charge on any atom is 0.404 e. The van der Waals surface area contributed by atoms with E-state index in [4.69, 9.17) is 5.11 Å². The SMILES string of the molecule is CN1C(=O)CC[C@H](NC(=O)O)[C@@H]1c1cc(F)ccc1F. The summed E-state index contributed by atoms with van der Waals surface area (Å²) in [5.41, 5.74) is -0.0284. The van der Waals surface area contributed by atoms with Crippen LogP contribution in [0.2, 0.25) is 0 Å². The summed E-state index contributed by atoms with van der Waals surface area (Å²) in [6.07, 6.45) is -0.857. The summed E-state index contributed by atoms with van der Waals surface area (Å²) in [7, 11) is 1.45. The number of likely N-dealkylation sites (N-methyl/N-ethyl adjacent to an activating group) is 1. The van der Waals surface area contributed by atoms with Gasteiger partial charge in [-0.15, -0.1) is 0 Å². The van der Waals surface area contributed by atoms with Crippen molar-refractivity contribution in [2.75, 3.05) is 7.05 Å². The number of carbonyl (C=O) groups is 2. The Bertz CT molecular complexity index is 550. The van der Waals surface area contributed by atoms with Crippen LogP contribution in [-0.2, 0) is 4.79 Å². The number of nitrogens with zero attached hydrogens (tertiary/aromatic N) is 1. The first-order chi connectivity index (χ1) is 9.40. The van der Waals surface area contributed by atoms with Crippen LogP contribution in [0.5, 0.6) is 0 Å². The van der Waals surface area contributed by atoms with Gasteiger partial charge >= 0.3 is 6.09 Å². The monoisotopic (exact) mass is 284 g/mol. The molecule has 2 amide bonds. The lowest BCUT2D eigenvalue weighted by molar-refractivity contribution is -0.135. The molecule has 0 aliphatic carbocycles. The second kappa shape index (κ2) is 5.44. The molecule has 0 radical (unpaired) electrons. The maximum atomic E-state index is 13.9. The quantitative estimate of drug-likeness (QED) is 0.871. The fourth-order valence-corrected chi connectivity index (χ4v) is 2.51. The highest BCUT2D eigenvalue weighted by Crippen LogP contribution is 2.32. The molecular weight excluding hydrogens is 270 g/mol. The normalized spacial score (nSPS) is 22.8. The molecular formula is C13H14F2N2O3. The van der Waals surface area contributed by atoms with Crippen LogP contribution in [0.15, 0.2) is 18.2 Å². The first-order valence-corrected chi connectivity index (χ1v) is 6.10. The van der Waals surface area contributed by atoms with Crippen LogP contribution < -0.4 is 5.32 Å². The van der Waals surface area contributed by atoms with Crippen molar-refractivity contribution in [3.05, 3.63) is 35.4 Å². The third kappa shape index (κ3) is 2.71. The summed E-state index contributed by atoms with van der Waals surface area (Å²) < 4.78 is 27.2.